The molecule has 0 bridgehead atoms. The van der Waals surface area contributed by atoms with Gasteiger partial charge in [0.25, 0.3) is 0 Å². The minimum atomic E-state index is -0.266. The molecule has 1 atom stereocenters. The van der Waals surface area contributed by atoms with Crippen LogP contribution >= 0.6 is 0 Å². The second-order valence-corrected chi connectivity index (χ2v) is 3.48. The smallest absolute Gasteiger partial charge is 0.314 e. The van der Waals surface area contributed by atoms with Crippen molar-refractivity contribution in [1.29, 1.82) is 0 Å². The van der Waals surface area contributed by atoms with Gasteiger partial charge in [0.2, 0.25) is 0 Å². The molecule has 0 aliphatic rings. The normalized spacial score (nSPS) is 12.1. The first-order chi connectivity index (χ1) is 7.79. The Bertz CT molecular complexity index is 314. The number of nitrogens with one attached hydrogen (secondary N) is 1. The molecule has 1 rings (SSSR count). The van der Waals surface area contributed by atoms with E-state index in [-0.39, 0.29) is 11.9 Å². The van der Waals surface area contributed by atoms with Gasteiger partial charge < -0.3 is 15.8 Å². The Balaban J connectivity index is 2.68. The van der Waals surface area contributed by atoms with Crippen molar-refractivity contribution < 1.29 is 9.53 Å². The lowest BCUT2D eigenvalue weighted by Crippen LogP contribution is -2.31. The maximum atomic E-state index is 11.6. The quantitative estimate of drug-likeness (QED) is 0.543. The van der Waals surface area contributed by atoms with Crippen LogP contribution in [0.2, 0.25) is 0 Å². The number of rotatable bonds is 6. The summed E-state index contributed by atoms with van der Waals surface area (Å²) >= 11 is 0. The molecule has 0 amide bonds. The van der Waals surface area contributed by atoms with Crippen LogP contribution in [0.5, 0.6) is 0 Å². The monoisotopic (exact) mass is 222 g/mol. The third-order valence-electron chi connectivity index (χ3n) is 2.36. The van der Waals surface area contributed by atoms with Crippen molar-refractivity contribution in [3.8, 4) is 0 Å². The molecule has 0 spiro atoms. The summed E-state index contributed by atoms with van der Waals surface area (Å²) in [6.45, 7) is 1.80. The topological polar surface area (TPSA) is 64.3 Å². The maximum Gasteiger partial charge on any atom is 0.314 e. The molecule has 1 aromatic rings. The summed E-state index contributed by atoms with van der Waals surface area (Å²) in [5.41, 5.74) is 6.34. The van der Waals surface area contributed by atoms with Gasteiger partial charge >= 0.3 is 5.97 Å². The van der Waals surface area contributed by atoms with Crippen molar-refractivity contribution in [3.63, 3.8) is 0 Å². The standard InChI is InChI=1S/C12H18N2O2/c1-16-12(15)11(9-14-8-7-13)10-5-3-2-4-6-10/h2-6,11,14H,7-9,13H2,1H3. The summed E-state index contributed by atoms with van der Waals surface area (Å²) in [6, 6.07) is 9.59. The number of hydrogen-bond donors (Lipinski definition) is 2. The zero-order valence-corrected chi connectivity index (χ0v) is 9.48. The van der Waals surface area contributed by atoms with Crippen molar-refractivity contribution in [3.05, 3.63) is 35.9 Å². The molecular weight excluding hydrogens is 204 g/mol. The number of nitrogens with two attached hydrogens (primary N) is 1. The number of ether oxygens (including phenoxy) is 1. The van der Waals surface area contributed by atoms with E-state index < -0.39 is 0 Å². The molecule has 1 aromatic carbocycles. The maximum absolute atomic E-state index is 11.6. The average molecular weight is 222 g/mol. The molecule has 0 heterocycles. The highest BCUT2D eigenvalue weighted by atomic mass is 16.5. The van der Waals surface area contributed by atoms with Gasteiger partial charge in [-0.15, -0.1) is 0 Å². The molecule has 0 saturated heterocycles. The summed E-state index contributed by atoms with van der Waals surface area (Å²) in [4.78, 5) is 11.6. The van der Waals surface area contributed by atoms with Crippen LogP contribution in [-0.2, 0) is 9.53 Å². The zero-order chi connectivity index (χ0) is 11.8. The van der Waals surface area contributed by atoms with Gasteiger partial charge in [0.15, 0.2) is 0 Å². The van der Waals surface area contributed by atoms with E-state index in [1.807, 2.05) is 30.3 Å². The fraction of sp³-hybridized carbons (Fsp3) is 0.417. The Labute approximate surface area is 95.8 Å². The van der Waals surface area contributed by atoms with Gasteiger partial charge in [0.1, 0.15) is 0 Å². The lowest BCUT2D eigenvalue weighted by atomic mass is 9.99. The molecule has 4 nitrogen and oxygen atoms in total. The van der Waals surface area contributed by atoms with Crippen molar-refractivity contribution in [2.45, 2.75) is 5.92 Å². The van der Waals surface area contributed by atoms with Gasteiger partial charge in [-0.3, -0.25) is 4.79 Å². The summed E-state index contributed by atoms with van der Waals surface area (Å²) in [5, 5.41) is 3.12. The van der Waals surface area contributed by atoms with Gasteiger partial charge in [-0.05, 0) is 5.56 Å². The Morgan fingerprint density at radius 3 is 2.69 bits per heavy atom. The van der Waals surface area contributed by atoms with Crippen LogP contribution in [-0.4, -0.2) is 32.7 Å². The first-order valence-electron chi connectivity index (χ1n) is 5.33. The molecule has 0 fully saturated rings. The van der Waals surface area contributed by atoms with Crippen LogP contribution in [0.15, 0.2) is 30.3 Å². The number of carbonyl (C=O) groups excluding carboxylic acids is 1. The molecule has 88 valence electrons. The minimum Gasteiger partial charge on any atom is -0.469 e. The van der Waals surface area contributed by atoms with Crippen molar-refractivity contribution in [2.24, 2.45) is 5.73 Å². The summed E-state index contributed by atoms with van der Waals surface area (Å²) in [6.07, 6.45) is 0. The van der Waals surface area contributed by atoms with Crippen LogP contribution in [0.3, 0.4) is 0 Å². The van der Waals surface area contributed by atoms with Crippen molar-refractivity contribution >= 4 is 5.97 Å². The number of methoxy groups -OCH3 is 1. The third kappa shape index (κ3) is 3.64. The fourth-order valence-corrected chi connectivity index (χ4v) is 1.51. The zero-order valence-electron chi connectivity index (χ0n) is 9.48. The van der Waals surface area contributed by atoms with E-state index in [1.165, 1.54) is 7.11 Å². The second-order valence-electron chi connectivity index (χ2n) is 3.48. The van der Waals surface area contributed by atoms with Crippen LogP contribution in [0.1, 0.15) is 11.5 Å². The van der Waals surface area contributed by atoms with Gasteiger partial charge in [-0.25, -0.2) is 0 Å². The molecule has 16 heavy (non-hydrogen) atoms. The molecule has 0 aromatic heterocycles. The van der Waals surface area contributed by atoms with Gasteiger partial charge in [-0.1, -0.05) is 30.3 Å². The van der Waals surface area contributed by atoms with E-state index in [0.717, 1.165) is 5.56 Å². The number of carbonyl (C=O) groups is 1. The molecule has 0 saturated carbocycles. The highest BCUT2D eigenvalue weighted by molar-refractivity contribution is 5.78. The van der Waals surface area contributed by atoms with Gasteiger partial charge in [-0.2, -0.15) is 0 Å². The van der Waals surface area contributed by atoms with Crippen LogP contribution < -0.4 is 11.1 Å². The Morgan fingerprint density at radius 1 is 1.44 bits per heavy atom. The first kappa shape index (κ1) is 12.7. The SMILES string of the molecule is COC(=O)C(CNCCN)c1ccccc1. The average Bonchev–Trinajstić information content (AvgIpc) is 2.35. The van der Waals surface area contributed by atoms with Crippen LogP contribution in [0.25, 0.3) is 0 Å². The molecule has 3 N–H and O–H groups in total. The van der Waals surface area contributed by atoms with E-state index in [2.05, 4.69) is 5.32 Å². The molecule has 0 radical (unpaired) electrons. The van der Waals surface area contributed by atoms with Gasteiger partial charge in [0.05, 0.1) is 13.0 Å². The highest BCUT2D eigenvalue weighted by Crippen LogP contribution is 2.15. The van der Waals surface area contributed by atoms with E-state index in [9.17, 15) is 4.79 Å². The van der Waals surface area contributed by atoms with E-state index in [1.54, 1.807) is 0 Å². The third-order valence-corrected chi connectivity index (χ3v) is 2.36. The number of hydrogen-bond acceptors (Lipinski definition) is 4. The van der Waals surface area contributed by atoms with E-state index >= 15 is 0 Å². The molecule has 0 aliphatic carbocycles. The highest BCUT2D eigenvalue weighted by Gasteiger charge is 2.20. The lowest BCUT2D eigenvalue weighted by molar-refractivity contribution is -0.142. The Kier molecular flexibility index (Phi) is 5.53. The predicted octanol–water partition coefficient (Wildman–Crippen LogP) is 0.492. The number of benzene rings is 1. The molecule has 4 heteroatoms. The molecular formula is C12H18N2O2. The van der Waals surface area contributed by atoms with Crippen molar-refractivity contribution in [2.75, 3.05) is 26.7 Å². The van der Waals surface area contributed by atoms with Crippen LogP contribution in [0, 0.1) is 0 Å². The summed E-state index contributed by atoms with van der Waals surface area (Å²) < 4.78 is 4.79. The summed E-state index contributed by atoms with van der Waals surface area (Å²) in [7, 11) is 1.40. The van der Waals surface area contributed by atoms with Crippen molar-refractivity contribution in [1.82, 2.24) is 5.32 Å². The fourth-order valence-electron chi connectivity index (χ4n) is 1.51. The van der Waals surface area contributed by atoms with E-state index in [4.69, 9.17) is 10.5 Å². The van der Waals surface area contributed by atoms with Crippen LogP contribution in [0.4, 0.5) is 0 Å². The van der Waals surface area contributed by atoms with E-state index in [0.29, 0.717) is 19.6 Å². The summed E-state index contributed by atoms with van der Waals surface area (Å²) in [5.74, 6) is -0.492. The Hall–Kier alpha value is -1.39. The van der Waals surface area contributed by atoms with Gasteiger partial charge in [0, 0.05) is 19.6 Å². The second kappa shape index (κ2) is 6.98. The minimum absolute atomic E-state index is 0.226. The molecule has 0 aliphatic heterocycles. The molecule has 1 unspecified atom stereocenters. The largest absolute Gasteiger partial charge is 0.469 e. The number of esters is 1. The Morgan fingerprint density at radius 2 is 2.12 bits per heavy atom. The first-order valence-corrected chi connectivity index (χ1v) is 5.33. The lowest BCUT2D eigenvalue weighted by Gasteiger charge is -2.15. The predicted molar refractivity (Wildman–Crippen MR) is 63.1 cm³/mol.